The van der Waals surface area contributed by atoms with Gasteiger partial charge in [-0.15, -0.1) is 0 Å². The summed E-state index contributed by atoms with van der Waals surface area (Å²) in [7, 11) is 0. The van der Waals surface area contributed by atoms with Crippen molar-refractivity contribution in [2.24, 2.45) is 11.8 Å². The van der Waals surface area contributed by atoms with E-state index in [2.05, 4.69) is 5.32 Å². The van der Waals surface area contributed by atoms with Crippen molar-refractivity contribution in [3.8, 4) is 0 Å². The Morgan fingerprint density at radius 2 is 1.82 bits per heavy atom. The van der Waals surface area contributed by atoms with Crippen molar-refractivity contribution < 1.29 is 33.8 Å². The molecule has 4 aliphatic rings. The Kier molecular flexibility index (Phi) is 8.37. The normalized spacial score (nSPS) is 31.5. The maximum atomic E-state index is 14.7. The van der Waals surface area contributed by atoms with Crippen LogP contribution in [0.15, 0.2) is 72.8 Å². The molecule has 2 aromatic carbocycles. The molecule has 10 heteroatoms. The maximum Gasteiger partial charge on any atom is 0.306 e. The van der Waals surface area contributed by atoms with Gasteiger partial charge < -0.3 is 29.7 Å². The van der Waals surface area contributed by atoms with Crippen molar-refractivity contribution in [1.29, 1.82) is 0 Å². The highest BCUT2D eigenvalue weighted by atomic mass is 16.5. The molecule has 2 aromatic rings. The summed E-state index contributed by atoms with van der Waals surface area (Å²) in [5, 5.41) is 13.3. The summed E-state index contributed by atoms with van der Waals surface area (Å²) in [6, 6.07) is 12.6. The lowest BCUT2D eigenvalue weighted by Gasteiger charge is -2.37. The number of cyclic esters (lactones) is 1. The van der Waals surface area contributed by atoms with Gasteiger partial charge in [0.2, 0.25) is 11.8 Å². The molecule has 0 aliphatic carbocycles. The average molecular weight is 614 g/mol. The number of hydrogen-bond donors (Lipinski definition) is 2. The number of carbonyl (C=O) groups excluding carboxylic acids is 4. The molecule has 4 heterocycles. The average Bonchev–Trinajstić information content (AvgIpc) is 3.43. The molecule has 2 fully saturated rings. The summed E-state index contributed by atoms with van der Waals surface area (Å²) >= 11 is 0. The van der Waals surface area contributed by atoms with E-state index in [9.17, 15) is 24.3 Å². The van der Waals surface area contributed by atoms with E-state index < -0.39 is 53.5 Å². The number of aryl methyl sites for hydroxylation is 2. The number of aliphatic hydroxyl groups is 1. The number of ether oxygens (including phenoxy) is 2. The predicted molar refractivity (Wildman–Crippen MR) is 166 cm³/mol. The van der Waals surface area contributed by atoms with E-state index in [0.29, 0.717) is 6.42 Å². The number of nitrogens with zero attached hydrogens (tertiary/aromatic N) is 2. The van der Waals surface area contributed by atoms with Gasteiger partial charge in [0.15, 0.2) is 0 Å². The number of fused-ring (bicyclic) bond motifs is 2. The fraction of sp³-hybridized carbons (Fsp3) is 0.429. The Hall–Kier alpha value is -4.28. The van der Waals surface area contributed by atoms with Crippen LogP contribution in [0, 0.1) is 25.7 Å². The van der Waals surface area contributed by atoms with Crippen molar-refractivity contribution in [2.45, 2.75) is 63.4 Å². The lowest BCUT2D eigenvalue weighted by molar-refractivity contribution is -0.146. The molecule has 0 unspecified atom stereocenters. The summed E-state index contributed by atoms with van der Waals surface area (Å²) in [6.07, 6.45) is 6.76. The van der Waals surface area contributed by atoms with Gasteiger partial charge in [0.25, 0.3) is 5.91 Å². The van der Waals surface area contributed by atoms with Crippen LogP contribution in [0.1, 0.15) is 42.5 Å². The van der Waals surface area contributed by atoms with Crippen LogP contribution in [-0.2, 0) is 28.7 Å². The summed E-state index contributed by atoms with van der Waals surface area (Å²) < 4.78 is 12.3. The smallest absolute Gasteiger partial charge is 0.306 e. The zero-order valence-electron chi connectivity index (χ0n) is 25.7. The first-order valence-corrected chi connectivity index (χ1v) is 15.5. The van der Waals surface area contributed by atoms with Crippen LogP contribution >= 0.6 is 0 Å². The molecule has 2 saturated heterocycles. The van der Waals surface area contributed by atoms with Gasteiger partial charge >= 0.3 is 5.97 Å². The van der Waals surface area contributed by atoms with Gasteiger partial charge in [0.1, 0.15) is 18.2 Å². The Morgan fingerprint density at radius 1 is 1.04 bits per heavy atom. The molecular weight excluding hydrogens is 574 g/mol. The van der Waals surface area contributed by atoms with Gasteiger partial charge in [0, 0.05) is 18.7 Å². The number of hydrogen-bond acceptors (Lipinski definition) is 7. The van der Waals surface area contributed by atoms with Gasteiger partial charge in [-0.3, -0.25) is 19.2 Å². The van der Waals surface area contributed by atoms with Crippen LogP contribution in [-0.4, -0.2) is 77.2 Å². The molecule has 3 amide bonds. The zero-order valence-corrected chi connectivity index (χ0v) is 25.7. The summed E-state index contributed by atoms with van der Waals surface area (Å²) in [5.74, 6) is -3.62. The van der Waals surface area contributed by atoms with E-state index in [1.54, 1.807) is 30.1 Å². The van der Waals surface area contributed by atoms with Crippen LogP contribution in [0.3, 0.4) is 0 Å². The minimum Gasteiger partial charge on any atom is -0.463 e. The topological polar surface area (TPSA) is 125 Å². The molecule has 6 rings (SSSR count). The van der Waals surface area contributed by atoms with Crippen LogP contribution in [0.25, 0.3) is 0 Å². The molecular formula is C35H39N3O7. The highest BCUT2D eigenvalue weighted by Gasteiger charge is 2.72. The first kappa shape index (κ1) is 30.7. The van der Waals surface area contributed by atoms with Crippen LogP contribution in [0.5, 0.6) is 0 Å². The second kappa shape index (κ2) is 12.3. The second-order valence-corrected chi connectivity index (χ2v) is 12.4. The van der Waals surface area contributed by atoms with Gasteiger partial charge in [-0.05, 0) is 49.9 Å². The van der Waals surface area contributed by atoms with Crippen molar-refractivity contribution >= 4 is 29.4 Å². The molecule has 7 atom stereocenters. The fourth-order valence-corrected chi connectivity index (χ4v) is 7.17. The largest absolute Gasteiger partial charge is 0.463 e. The molecule has 4 aliphatic heterocycles. The van der Waals surface area contributed by atoms with E-state index in [4.69, 9.17) is 9.47 Å². The maximum absolute atomic E-state index is 14.7. The molecule has 2 N–H and O–H groups in total. The number of nitrogens with one attached hydrogen (secondary N) is 1. The number of likely N-dealkylation sites (tertiary alicyclic amines) is 1. The lowest BCUT2D eigenvalue weighted by Crippen LogP contribution is -2.57. The lowest BCUT2D eigenvalue weighted by atomic mass is 9.77. The third-order valence-electron chi connectivity index (χ3n) is 9.40. The third kappa shape index (κ3) is 5.36. The van der Waals surface area contributed by atoms with Crippen LogP contribution in [0.4, 0.5) is 5.69 Å². The minimum absolute atomic E-state index is 0.0697. The minimum atomic E-state index is -1.46. The van der Waals surface area contributed by atoms with Gasteiger partial charge in [-0.2, -0.15) is 0 Å². The number of allylic oxidation sites excluding steroid dienone is 1. The second-order valence-electron chi connectivity index (χ2n) is 12.4. The SMILES string of the molecule is Cc1ccc(C)c(N2CC=C[C@@]34O[C@H]5/C=C\CCC(=O)OC[C@H](c6ccccc6)NC(=O)[C@H]5[C@@H]3C(=O)N([C@H](C)CO)[C@H]4C2=O)c1. The summed E-state index contributed by atoms with van der Waals surface area (Å²) in [4.78, 5) is 59.0. The molecule has 0 saturated carbocycles. The van der Waals surface area contributed by atoms with E-state index in [1.807, 2.05) is 68.5 Å². The predicted octanol–water partition coefficient (Wildman–Crippen LogP) is 2.92. The van der Waals surface area contributed by atoms with Crippen LogP contribution < -0.4 is 10.2 Å². The molecule has 0 aromatic heterocycles. The van der Waals surface area contributed by atoms with E-state index >= 15 is 0 Å². The summed E-state index contributed by atoms with van der Waals surface area (Å²) in [5.41, 5.74) is 1.90. The summed E-state index contributed by atoms with van der Waals surface area (Å²) in [6.45, 7) is 5.39. The molecule has 10 nitrogen and oxygen atoms in total. The Bertz CT molecular complexity index is 1560. The van der Waals surface area contributed by atoms with E-state index in [1.165, 1.54) is 4.90 Å². The molecule has 1 spiro atoms. The number of benzene rings is 2. The number of esters is 1. The van der Waals surface area contributed by atoms with Gasteiger partial charge in [0.05, 0.1) is 36.6 Å². The first-order chi connectivity index (χ1) is 21.7. The van der Waals surface area contributed by atoms with E-state index in [-0.39, 0.29) is 38.1 Å². The molecule has 0 bridgehead atoms. The highest BCUT2D eigenvalue weighted by Crippen LogP contribution is 2.53. The van der Waals surface area contributed by atoms with Crippen molar-refractivity contribution in [2.75, 3.05) is 24.7 Å². The third-order valence-corrected chi connectivity index (χ3v) is 9.40. The number of amides is 3. The highest BCUT2D eigenvalue weighted by molar-refractivity contribution is 6.06. The van der Waals surface area contributed by atoms with Gasteiger partial charge in [-0.25, -0.2) is 0 Å². The Morgan fingerprint density at radius 3 is 2.58 bits per heavy atom. The molecule has 45 heavy (non-hydrogen) atoms. The van der Waals surface area contributed by atoms with Gasteiger partial charge in [-0.1, -0.05) is 66.8 Å². The number of carbonyl (C=O) groups is 4. The molecule has 236 valence electrons. The Labute approximate surface area is 262 Å². The van der Waals surface area contributed by atoms with E-state index in [0.717, 1.165) is 22.4 Å². The first-order valence-electron chi connectivity index (χ1n) is 15.5. The molecule has 0 radical (unpaired) electrons. The number of anilines is 1. The van der Waals surface area contributed by atoms with Crippen molar-refractivity contribution in [3.05, 3.63) is 89.5 Å². The standard InChI is InChI=1S/C35H39N3O7/c1-21-14-15-22(2)26(18-21)37-17-9-16-35-30(33(42)38(23(3)19-39)31(35)34(37)43)29-27(45-35)12-7-8-13-28(40)44-20-25(36-32(29)41)24-10-5-4-6-11-24/h4-7,9-12,14-16,18,23,25,27,29-31,39H,8,13,17,19-20H2,1-3H3,(H,36,41)/b12-7-/t23-,25-,27+,29-,30-,31+,35-/m1/s1. The van der Waals surface area contributed by atoms with Crippen LogP contribution in [0.2, 0.25) is 0 Å². The number of rotatable bonds is 4. The number of aliphatic hydroxyl groups excluding tert-OH is 1. The fourth-order valence-electron chi connectivity index (χ4n) is 7.17. The zero-order chi connectivity index (χ0) is 31.9. The Balaban J connectivity index is 1.45. The van der Waals surface area contributed by atoms with Crippen molar-refractivity contribution in [3.63, 3.8) is 0 Å². The quantitative estimate of drug-likeness (QED) is 0.401. The van der Waals surface area contributed by atoms with Crippen molar-refractivity contribution in [1.82, 2.24) is 10.2 Å². The monoisotopic (exact) mass is 613 g/mol.